The molecule has 0 aliphatic carbocycles. The molecular weight excluding hydrogens is 240 g/mol. The number of hydrogen-bond donors (Lipinski definition) is 2. The van der Waals surface area contributed by atoms with Gasteiger partial charge in [-0.25, -0.2) is 8.42 Å². The van der Waals surface area contributed by atoms with Gasteiger partial charge in [-0.1, -0.05) is 6.08 Å². The Kier molecular flexibility index (Phi) is 2.97. The van der Waals surface area contributed by atoms with Gasteiger partial charge < -0.3 is 15.8 Å². The van der Waals surface area contributed by atoms with Crippen LogP contribution in [0.5, 0.6) is 5.75 Å². The molecule has 2 rings (SSSR count). The molecule has 0 amide bonds. The molecule has 0 fully saturated rings. The molecule has 0 radical (unpaired) electrons. The highest BCUT2D eigenvalue weighted by atomic mass is 32.2. The first-order valence-corrected chi connectivity index (χ1v) is 6.83. The quantitative estimate of drug-likeness (QED) is 0.786. The first-order chi connectivity index (χ1) is 8.00. The molecule has 1 aliphatic heterocycles. The van der Waals surface area contributed by atoms with E-state index in [0.29, 0.717) is 11.4 Å². The number of nitrogens with one attached hydrogen (secondary N) is 1. The Morgan fingerprint density at radius 2 is 2.24 bits per heavy atom. The predicted octanol–water partition coefficient (Wildman–Crippen LogP) is 1.000. The van der Waals surface area contributed by atoms with Crippen molar-refractivity contribution in [3.05, 3.63) is 29.7 Å². The molecule has 0 spiro atoms. The lowest BCUT2D eigenvalue weighted by atomic mass is 10.2. The molecule has 1 aromatic carbocycles. The van der Waals surface area contributed by atoms with Gasteiger partial charge in [0.15, 0.2) is 9.84 Å². The van der Waals surface area contributed by atoms with Crippen molar-refractivity contribution in [3.63, 3.8) is 0 Å². The smallest absolute Gasteiger partial charge is 0.173 e. The molecule has 1 aromatic rings. The molecule has 0 bridgehead atoms. The lowest BCUT2D eigenvalue weighted by Gasteiger charge is -2.13. The zero-order chi connectivity index (χ0) is 12.5. The SMILES string of the molecule is COc1cc(NC2C=CS(=O)(=O)C2)ccc1N. The number of hydrogen-bond acceptors (Lipinski definition) is 5. The molecule has 1 atom stereocenters. The van der Waals surface area contributed by atoms with E-state index in [2.05, 4.69) is 5.32 Å². The Labute approximate surface area is 100 Å². The van der Waals surface area contributed by atoms with Gasteiger partial charge >= 0.3 is 0 Å². The third kappa shape index (κ3) is 2.71. The number of rotatable bonds is 3. The summed E-state index contributed by atoms with van der Waals surface area (Å²) in [4.78, 5) is 0. The second-order valence-electron chi connectivity index (χ2n) is 3.87. The van der Waals surface area contributed by atoms with Gasteiger partial charge in [-0.05, 0) is 12.1 Å². The molecular formula is C11H14N2O3S. The van der Waals surface area contributed by atoms with Crippen LogP contribution in [-0.2, 0) is 9.84 Å². The van der Waals surface area contributed by atoms with Gasteiger partial charge in [0.2, 0.25) is 0 Å². The van der Waals surface area contributed by atoms with E-state index in [4.69, 9.17) is 10.5 Å². The largest absolute Gasteiger partial charge is 0.495 e. The molecule has 1 unspecified atom stereocenters. The summed E-state index contributed by atoms with van der Waals surface area (Å²) < 4.78 is 27.6. The van der Waals surface area contributed by atoms with Crippen molar-refractivity contribution >= 4 is 21.2 Å². The first-order valence-electron chi connectivity index (χ1n) is 5.11. The van der Waals surface area contributed by atoms with Gasteiger partial charge in [0, 0.05) is 17.2 Å². The van der Waals surface area contributed by atoms with Crippen LogP contribution in [0.15, 0.2) is 29.7 Å². The molecule has 5 nitrogen and oxygen atoms in total. The summed E-state index contributed by atoms with van der Waals surface area (Å²) in [5.41, 5.74) is 7.02. The van der Waals surface area contributed by atoms with Gasteiger partial charge in [-0.2, -0.15) is 0 Å². The van der Waals surface area contributed by atoms with Crippen LogP contribution >= 0.6 is 0 Å². The molecule has 1 aliphatic rings. The van der Waals surface area contributed by atoms with Gasteiger partial charge in [0.25, 0.3) is 0 Å². The number of anilines is 2. The average Bonchev–Trinajstić information content (AvgIpc) is 2.61. The van der Waals surface area contributed by atoms with E-state index in [9.17, 15) is 8.42 Å². The zero-order valence-electron chi connectivity index (χ0n) is 9.38. The molecule has 17 heavy (non-hydrogen) atoms. The van der Waals surface area contributed by atoms with E-state index >= 15 is 0 Å². The Bertz CT molecular complexity index is 552. The third-order valence-corrected chi connectivity index (χ3v) is 3.91. The Morgan fingerprint density at radius 1 is 1.47 bits per heavy atom. The summed E-state index contributed by atoms with van der Waals surface area (Å²) in [5, 5.41) is 4.33. The number of nitrogen functional groups attached to an aromatic ring is 1. The van der Waals surface area contributed by atoms with Crippen molar-refractivity contribution in [1.29, 1.82) is 0 Å². The van der Waals surface area contributed by atoms with Crippen LogP contribution in [0.3, 0.4) is 0 Å². The van der Waals surface area contributed by atoms with E-state index in [1.54, 1.807) is 24.3 Å². The third-order valence-electron chi connectivity index (χ3n) is 2.52. The maximum absolute atomic E-state index is 11.2. The normalized spacial score (nSPS) is 21.4. The Morgan fingerprint density at radius 3 is 2.82 bits per heavy atom. The number of methoxy groups -OCH3 is 1. The van der Waals surface area contributed by atoms with E-state index in [1.165, 1.54) is 12.5 Å². The number of ether oxygens (including phenoxy) is 1. The second-order valence-corrected chi connectivity index (χ2v) is 5.80. The lowest BCUT2D eigenvalue weighted by molar-refractivity contribution is 0.417. The van der Waals surface area contributed by atoms with Crippen molar-refractivity contribution in [1.82, 2.24) is 0 Å². The highest BCUT2D eigenvalue weighted by Gasteiger charge is 2.21. The van der Waals surface area contributed by atoms with E-state index in [1.807, 2.05) is 0 Å². The maximum Gasteiger partial charge on any atom is 0.173 e. The summed E-state index contributed by atoms with van der Waals surface area (Å²) in [6.07, 6.45) is 1.64. The minimum absolute atomic E-state index is 0.0830. The molecule has 0 saturated carbocycles. The Balaban J connectivity index is 2.13. The van der Waals surface area contributed by atoms with Crippen molar-refractivity contribution < 1.29 is 13.2 Å². The van der Waals surface area contributed by atoms with Crippen LogP contribution in [0, 0.1) is 0 Å². The van der Waals surface area contributed by atoms with Crippen LogP contribution < -0.4 is 15.8 Å². The van der Waals surface area contributed by atoms with Crippen LogP contribution in [0.1, 0.15) is 0 Å². The second kappa shape index (κ2) is 4.29. The topological polar surface area (TPSA) is 81.4 Å². The predicted molar refractivity (Wildman–Crippen MR) is 67.7 cm³/mol. The molecule has 0 saturated heterocycles. The minimum Gasteiger partial charge on any atom is -0.495 e. The van der Waals surface area contributed by atoms with Crippen LogP contribution in [0.2, 0.25) is 0 Å². The fourth-order valence-electron chi connectivity index (χ4n) is 1.68. The van der Waals surface area contributed by atoms with Crippen molar-refractivity contribution in [2.45, 2.75) is 6.04 Å². The number of sulfone groups is 1. The van der Waals surface area contributed by atoms with Gasteiger partial charge in [0.05, 0.1) is 24.6 Å². The summed E-state index contributed by atoms with van der Waals surface area (Å²) >= 11 is 0. The standard InChI is InChI=1S/C11H14N2O3S/c1-16-11-6-8(2-3-10(11)12)13-9-4-5-17(14,15)7-9/h2-6,9,13H,7,12H2,1H3. The first kappa shape index (κ1) is 11.8. The fourth-order valence-corrected chi connectivity index (χ4v) is 2.92. The van der Waals surface area contributed by atoms with E-state index < -0.39 is 9.84 Å². The zero-order valence-corrected chi connectivity index (χ0v) is 10.2. The maximum atomic E-state index is 11.2. The molecule has 6 heteroatoms. The van der Waals surface area contributed by atoms with Crippen LogP contribution in [0.25, 0.3) is 0 Å². The summed E-state index contributed by atoms with van der Waals surface area (Å²) in [5.74, 6) is 0.652. The van der Waals surface area contributed by atoms with E-state index in [0.717, 1.165) is 5.69 Å². The highest BCUT2D eigenvalue weighted by molar-refractivity contribution is 7.94. The van der Waals surface area contributed by atoms with Gasteiger partial charge in [-0.3, -0.25) is 0 Å². The van der Waals surface area contributed by atoms with Crippen molar-refractivity contribution in [2.24, 2.45) is 0 Å². The van der Waals surface area contributed by atoms with Crippen LogP contribution in [0.4, 0.5) is 11.4 Å². The summed E-state index contributed by atoms with van der Waals surface area (Å²) in [6.45, 7) is 0. The Hall–Kier alpha value is -1.69. The lowest BCUT2D eigenvalue weighted by Crippen LogP contribution is -2.20. The summed E-state index contributed by atoms with van der Waals surface area (Å²) in [7, 11) is -1.50. The average molecular weight is 254 g/mol. The van der Waals surface area contributed by atoms with E-state index in [-0.39, 0.29) is 11.8 Å². The number of nitrogens with two attached hydrogens (primary N) is 1. The van der Waals surface area contributed by atoms with Gasteiger partial charge in [0.1, 0.15) is 5.75 Å². The number of benzene rings is 1. The summed E-state index contributed by atoms with van der Waals surface area (Å²) in [6, 6.07) is 5.05. The fraction of sp³-hybridized carbons (Fsp3) is 0.273. The highest BCUT2D eigenvalue weighted by Crippen LogP contribution is 2.26. The minimum atomic E-state index is -3.04. The molecule has 0 aromatic heterocycles. The van der Waals surface area contributed by atoms with Crippen LogP contribution in [-0.4, -0.2) is 27.3 Å². The molecule has 3 N–H and O–H groups in total. The molecule has 92 valence electrons. The monoisotopic (exact) mass is 254 g/mol. The van der Waals surface area contributed by atoms with Crippen molar-refractivity contribution in [3.8, 4) is 5.75 Å². The van der Waals surface area contributed by atoms with Gasteiger partial charge in [-0.15, -0.1) is 0 Å². The van der Waals surface area contributed by atoms with Crippen molar-refractivity contribution in [2.75, 3.05) is 23.9 Å². The molecule has 1 heterocycles.